The van der Waals surface area contributed by atoms with Gasteiger partial charge in [-0.2, -0.15) is 0 Å². The van der Waals surface area contributed by atoms with Gasteiger partial charge in [-0.05, 0) is 0 Å². The van der Waals surface area contributed by atoms with Crippen molar-refractivity contribution >= 4 is 13.1 Å². The Kier molecular flexibility index (Phi) is 4.00. The van der Waals surface area contributed by atoms with Crippen molar-refractivity contribution in [3.8, 4) is 0 Å². The Hall–Kier alpha value is -1.49. The fourth-order valence-electron chi connectivity index (χ4n) is 1.16. The molecule has 14 heavy (non-hydrogen) atoms. The zero-order valence-electron chi connectivity index (χ0n) is 7.51. The molecule has 1 aromatic rings. The fraction of sp³-hybridized carbons (Fsp3) is 0.222. The zero-order chi connectivity index (χ0) is 10.4. The van der Waals surface area contributed by atoms with Crippen LogP contribution in [0, 0.1) is 0 Å². The van der Waals surface area contributed by atoms with Crippen LogP contribution < -0.4 is 5.32 Å². The van der Waals surface area contributed by atoms with E-state index in [0.717, 1.165) is 0 Å². The van der Waals surface area contributed by atoms with E-state index in [2.05, 4.69) is 5.32 Å². The monoisotopic (exact) mass is 191 g/mol. The van der Waals surface area contributed by atoms with Crippen molar-refractivity contribution in [1.29, 1.82) is 0 Å². The number of hydrogen-bond donors (Lipinski definition) is 2. The molecule has 1 rings (SSSR count). The molecule has 1 atom stereocenters. The van der Waals surface area contributed by atoms with Crippen LogP contribution in [0.25, 0.3) is 0 Å². The summed E-state index contributed by atoms with van der Waals surface area (Å²) >= 11 is 0. The number of carbonyl (C=O) groups is 1. The third-order valence-corrected chi connectivity index (χ3v) is 1.79. The zero-order valence-corrected chi connectivity index (χ0v) is 7.51. The Morgan fingerprint density at radius 1 is 1.43 bits per heavy atom. The van der Waals surface area contributed by atoms with Crippen LogP contribution >= 0.6 is 0 Å². The van der Waals surface area contributed by atoms with E-state index in [1.54, 1.807) is 24.3 Å². The summed E-state index contributed by atoms with van der Waals surface area (Å²) in [6.07, 6.45) is 0.0336. The number of nitrogens with one attached hydrogen (secondary N) is 1. The summed E-state index contributed by atoms with van der Waals surface area (Å²) in [6, 6.07) is 7.92. The van der Waals surface area contributed by atoms with Gasteiger partial charge in [0.2, 0.25) is 0 Å². The first-order valence-corrected chi connectivity index (χ1v) is 4.20. The Labute approximate surface area is 82.2 Å². The fourth-order valence-corrected chi connectivity index (χ4v) is 1.16. The number of rotatable bonds is 5. The molecule has 0 aromatic heterocycles. The summed E-state index contributed by atoms with van der Waals surface area (Å²) in [5, 5.41) is 11.5. The topological polar surface area (TPSA) is 66.4 Å². The van der Waals surface area contributed by atoms with Crippen molar-refractivity contribution in [2.75, 3.05) is 6.44 Å². The molecule has 0 fully saturated rings. The van der Waals surface area contributed by atoms with E-state index < -0.39 is 12.0 Å². The molecule has 0 spiro atoms. The van der Waals surface area contributed by atoms with Gasteiger partial charge >= 0.3 is 81.4 Å². The third kappa shape index (κ3) is 2.78. The van der Waals surface area contributed by atoms with Crippen LogP contribution in [0.2, 0.25) is 0 Å². The van der Waals surface area contributed by atoms with E-state index in [-0.39, 0.29) is 6.44 Å². The third-order valence-electron chi connectivity index (χ3n) is 1.79. The van der Waals surface area contributed by atoms with Crippen LogP contribution in [0.1, 0.15) is 11.6 Å². The number of aliphatic carboxylic acids is 1. The summed E-state index contributed by atoms with van der Waals surface area (Å²) in [5.74, 6) is -0.988. The maximum absolute atomic E-state index is 10.8. The second kappa shape index (κ2) is 5.29. The normalized spacial score (nSPS) is 11.7. The minimum absolute atomic E-state index is 0.0336. The molecule has 0 radical (unpaired) electrons. The van der Waals surface area contributed by atoms with Gasteiger partial charge in [-0.15, -0.1) is 0 Å². The number of benzene rings is 1. The van der Waals surface area contributed by atoms with Gasteiger partial charge in [-0.3, -0.25) is 0 Å². The first kappa shape index (κ1) is 10.6. The molecule has 0 amide bonds. The Morgan fingerprint density at radius 2 is 2.07 bits per heavy atom. The maximum atomic E-state index is 10.8. The van der Waals surface area contributed by atoms with Gasteiger partial charge in [0.25, 0.3) is 0 Å². The van der Waals surface area contributed by atoms with Crippen molar-refractivity contribution in [2.45, 2.75) is 6.04 Å². The molecule has 0 saturated heterocycles. The number of hydrogen-bond acceptors (Lipinski definition) is 3. The van der Waals surface area contributed by atoms with Gasteiger partial charge < -0.3 is 0 Å². The standard InChI is InChI=1S/C9H10BNO3/c12-9(13)8(11-6-10-14)7-4-2-1-3-5-7/h1-5,8,11H,6H2,(H,12,13). The van der Waals surface area contributed by atoms with Crippen LogP contribution in [0.15, 0.2) is 30.3 Å². The van der Waals surface area contributed by atoms with Crippen LogP contribution in [-0.2, 0) is 9.50 Å². The van der Waals surface area contributed by atoms with E-state index in [0.29, 0.717) is 12.7 Å². The quantitative estimate of drug-likeness (QED) is 0.661. The van der Waals surface area contributed by atoms with Crippen molar-refractivity contribution in [3.63, 3.8) is 0 Å². The summed E-state index contributed by atoms with van der Waals surface area (Å²) in [7, 11) is 0.638. The van der Waals surface area contributed by atoms with Crippen molar-refractivity contribution in [3.05, 3.63) is 35.9 Å². The first-order valence-electron chi connectivity index (χ1n) is 4.20. The van der Waals surface area contributed by atoms with Gasteiger partial charge in [0.1, 0.15) is 0 Å². The predicted octanol–water partition coefficient (Wildman–Crippen LogP) is 0.409. The number of carboxylic acid groups (broad SMARTS) is 1. The van der Waals surface area contributed by atoms with Crippen LogP contribution in [0.3, 0.4) is 0 Å². The minimum atomic E-state index is -0.988. The summed E-state index contributed by atoms with van der Waals surface area (Å²) < 4.78 is 10.1. The molecule has 0 bridgehead atoms. The molecule has 1 unspecified atom stereocenters. The van der Waals surface area contributed by atoms with E-state index >= 15 is 0 Å². The molecule has 0 aliphatic heterocycles. The molecule has 0 heterocycles. The predicted molar refractivity (Wildman–Crippen MR) is 51.3 cm³/mol. The Balaban J connectivity index is 2.78. The van der Waals surface area contributed by atoms with E-state index in [1.807, 2.05) is 6.07 Å². The van der Waals surface area contributed by atoms with Gasteiger partial charge in [0.05, 0.1) is 0 Å². The molecule has 2 N–H and O–H groups in total. The van der Waals surface area contributed by atoms with E-state index in [4.69, 9.17) is 5.11 Å². The molecular formula is C9H10BNO3. The van der Waals surface area contributed by atoms with Crippen molar-refractivity contribution in [1.82, 2.24) is 5.32 Å². The molecule has 72 valence electrons. The SMILES string of the molecule is O=BCNC(C(=O)O)c1ccccc1. The van der Waals surface area contributed by atoms with Gasteiger partial charge in [0.15, 0.2) is 0 Å². The second-order valence-corrected chi connectivity index (χ2v) is 2.76. The Bertz CT molecular complexity index is 315. The Morgan fingerprint density at radius 3 is 2.57 bits per heavy atom. The van der Waals surface area contributed by atoms with Crippen molar-refractivity contribution in [2.24, 2.45) is 0 Å². The van der Waals surface area contributed by atoms with Crippen LogP contribution in [0.5, 0.6) is 0 Å². The van der Waals surface area contributed by atoms with Gasteiger partial charge in [-0.25, -0.2) is 0 Å². The first-order chi connectivity index (χ1) is 6.75. The van der Waals surface area contributed by atoms with Crippen LogP contribution in [-0.4, -0.2) is 24.7 Å². The van der Waals surface area contributed by atoms with E-state index in [1.165, 1.54) is 0 Å². The second-order valence-electron chi connectivity index (χ2n) is 2.76. The summed E-state index contributed by atoms with van der Waals surface area (Å²) in [5.41, 5.74) is 0.641. The number of carboxylic acids is 1. The molecule has 0 aliphatic rings. The molecular weight excluding hydrogens is 181 g/mol. The van der Waals surface area contributed by atoms with Gasteiger partial charge in [0, 0.05) is 0 Å². The molecule has 4 nitrogen and oxygen atoms in total. The average Bonchev–Trinajstić information content (AvgIpc) is 2.19. The molecule has 5 heteroatoms. The van der Waals surface area contributed by atoms with Gasteiger partial charge in [-0.1, -0.05) is 0 Å². The van der Waals surface area contributed by atoms with E-state index in [9.17, 15) is 9.50 Å². The summed E-state index contributed by atoms with van der Waals surface area (Å²) in [4.78, 5) is 10.8. The molecule has 1 aromatic carbocycles. The molecule has 0 aliphatic carbocycles. The average molecular weight is 191 g/mol. The van der Waals surface area contributed by atoms with Crippen LogP contribution in [0.4, 0.5) is 0 Å². The van der Waals surface area contributed by atoms with Crippen molar-refractivity contribution < 1.29 is 14.6 Å². The summed E-state index contributed by atoms with van der Waals surface area (Å²) in [6.45, 7) is 0. The molecule has 0 saturated carbocycles.